The SMILES string of the molecule is CCCn1ncc(NCCc2nccs2)c(Cl)c1=O. The van der Waals surface area contributed by atoms with E-state index in [1.807, 2.05) is 12.3 Å². The first kappa shape index (κ1) is 14.0. The van der Waals surface area contributed by atoms with Crippen molar-refractivity contribution in [1.82, 2.24) is 14.8 Å². The molecule has 19 heavy (non-hydrogen) atoms. The molecule has 0 aromatic carbocycles. The van der Waals surface area contributed by atoms with Gasteiger partial charge in [-0.2, -0.15) is 5.10 Å². The fraction of sp³-hybridized carbons (Fsp3) is 0.417. The minimum atomic E-state index is -0.247. The highest BCUT2D eigenvalue weighted by molar-refractivity contribution is 7.09. The van der Waals surface area contributed by atoms with Crippen LogP contribution >= 0.6 is 22.9 Å². The molecule has 2 rings (SSSR count). The second-order valence-corrected chi connectivity index (χ2v) is 5.36. The predicted molar refractivity (Wildman–Crippen MR) is 78.1 cm³/mol. The summed E-state index contributed by atoms with van der Waals surface area (Å²) in [6.07, 6.45) is 5.02. The maximum atomic E-state index is 11.9. The fourth-order valence-corrected chi connectivity index (χ4v) is 2.47. The molecule has 2 heterocycles. The zero-order valence-electron chi connectivity index (χ0n) is 10.6. The summed E-state index contributed by atoms with van der Waals surface area (Å²) < 4.78 is 1.38. The number of halogens is 1. The number of anilines is 1. The van der Waals surface area contributed by atoms with Crippen LogP contribution in [0.15, 0.2) is 22.6 Å². The van der Waals surface area contributed by atoms with Crippen LogP contribution in [0, 0.1) is 0 Å². The van der Waals surface area contributed by atoms with Gasteiger partial charge in [-0.3, -0.25) is 4.79 Å². The average molecular weight is 299 g/mol. The van der Waals surface area contributed by atoms with Gasteiger partial charge >= 0.3 is 0 Å². The van der Waals surface area contributed by atoms with Crippen LogP contribution in [0.4, 0.5) is 5.69 Å². The van der Waals surface area contributed by atoms with Crippen LogP contribution in [-0.2, 0) is 13.0 Å². The van der Waals surface area contributed by atoms with E-state index in [4.69, 9.17) is 11.6 Å². The summed E-state index contributed by atoms with van der Waals surface area (Å²) in [5.41, 5.74) is 0.332. The van der Waals surface area contributed by atoms with Crippen molar-refractivity contribution in [3.05, 3.63) is 38.2 Å². The standard InChI is InChI=1S/C12H15ClN4OS/c1-2-6-17-12(18)11(13)9(8-16-17)14-4-3-10-15-5-7-19-10/h5,7-8,14H,2-4,6H2,1H3. The van der Waals surface area contributed by atoms with Crippen LogP contribution < -0.4 is 10.9 Å². The van der Waals surface area contributed by atoms with Crippen molar-refractivity contribution in [2.24, 2.45) is 0 Å². The molecule has 0 unspecified atom stereocenters. The summed E-state index contributed by atoms with van der Waals surface area (Å²) in [4.78, 5) is 16.1. The van der Waals surface area contributed by atoms with Gasteiger partial charge in [-0.05, 0) is 6.42 Å². The first-order valence-corrected chi connectivity index (χ1v) is 7.36. The van der Waals surface area contributed by atoms with Gasteiger partial charge in [-0.15, -0.1) is 11.3 Å². The first-order chi connectivity index (χ1) is 9.22. The molecule has 0 bridgehead atoms. The van der Waals surface area contributed by atoms with Gasteiger partial charge in [0.05, 0.1) is 16.9 Å². The monoisotopic (exact) mass is 298 g/mol. The van der Waals surface area contributed by atoms with Crippen LogP contribution in [0.25, 0.3) is 0 Å². The Kier molecular flexibility index (Phi) is 4.93. The molecule has 0 saturated carbocycles. The fourth-order valence-electron chi connectivity index (χ4n) is 1.64. The minimum Gasteiger partial charge on any atom is -0.382 e. The third kappa shape index (κ3) is 3.54. The summed E-state index contributed by atoms with van der Waals surface area (Å²) in [5.74, 6) is 0. The summed E-state index contributed by atoms with van der Waals surface area (Å²) in [7, 11) is 0. The molecule has 0 spiro atoms. The van der Waals surface area contributed by atoms with Crippen LogP contribution in [0.5, 0.6) is 0 Å². The van der Waals surface area contributed by atoms with Crippen molar-refractivity contribution < 1.29 is 0 Å². The van der Waals surface area contributed by atoms with Crippen molar-refractivity contribution in [2.45, 2.75) is 26.3 Å². The van der Waals surface area contributed by atoms with Crippen LogP contribution in [-0.4, -0.2) is 21.3 Å². The van der Waals surface area contributed by atoms with Gasteiger partial charge in [-0.1, -0.05) is 18.5 Å². The lowest BCUT2D eigenvalue weighted by Gasteiger charge is -2.09. The highest BCUT2D eigenvalue weighted by Crippen LogP contribution is 2.15. The van der Waals surface area contributed by atoms with E-state index in [9.17, 15) is 4.79 Å². The van der Waals surface area contributed by atoms with E-state index >= 15 is 0 Å². The molecule has 0 amide bonds. The van der Waals surface area contributed by atoms with E-state index in [1.54, 1.807) is 23.7 Å². The lowest BCUT2D eigenvalue weighted by molar-refractivity contribution is 0.568. The second-order valence-electron chi connectivity index (χ2n) is 4.00. The highest BCUT2D eigenvalue weighted by atomic mass is 35.5. The maximum absolute atomic E-state index is 11.9. The smallest absolute Gasteiger partial charge is 0.287 e. The molecule has 0 atom stereocenters. The van der Waals surface area contributed by atoms with Crippen LogP contribution in [0.1, 0.15) is 18.4 Å². The Balaban J connectivity index is 2.01. The normalized spacial score (nSPS) is 10.6. The van der Waals surface area contributed by atoms with Crippen molar-refractivity contribution in [1.29, 1.82) is 0 Å². The molecule has 1 N–H and O–H groups in total. The Morgan fingerprint density at radius 3 is 3.05 bits per heavy atom. The third-order valence-corrected chi connectivity index (χ3v) is 3.76. The summed E-state index contributed by atoms with van der Waals surface area (Å²) in [6, 6.07) is 0. The van der Waals surface area contributed by atoms with E-state index in [1.165, 1.54) is 4.68 Å². The van der Waals surface area contributed by atoms with E-state index < -0.39 is 0 Å². The lowest BCUT2D eigenvalue weighted by atomic mass is 10.4. The number of nitrogens with zero attached hydrogens (tertiary/aromatic N) is 3. The highest BCUT2D eigenvalue weighted by Gasteiger charge is 2.08. The molecule has 7 heteroatoms. The molecule has 0 radical (unpaired) electrons. The minimum absolute atomic E-state index is 0.197. The largest absolute Gasteiger partial charge is 0.382 e. The molecule has 0 aliphatic rings. The predicted octanol–water partition coefficient (Wildman–Crippen LogP) is 2.42. The molecule has 2 aromatic heterocycles. The number of rotatable bonds is 6. The summed E-state index contributed by atoms with van der Waals surface area (Å²) in [5, 5.41) is 10.4. The Morgan fingerprint density at radius 1 is 1.53 bits per heavy atom. The van der Waals surface area contributed by atoms with Gasteiger partial charge in [0, 0.05) is 31.1 Å². The number of hydrogen-bond donors (Lipinski definition) is 1. The van der Waals surface area contributed by atoms with Gasteiger partial charge in [-0.25, -0.2) is 9.67 Å². The van der Waals surface area contributed by atoms with E-state index in [0.717, 1.165) is 17.8 Å². The Morgan fingerprint density at radius 2 is 2.37 bits per heavy atom. The third-order valence-electron chi connectivity index (χ3n) is 2.56. The van der Waals surface area contributed by atoms with Crippen molar-refractivity contribution in [3.63, 3.8) is 0 Å². The average Bonchev–Trinajstić information content (AvgIpc) is 2.91. The quantitative estimate of drug-likeness (QED) is 0.890. The Hall–Kier alpha value is -1.40. The number of thiazole rings is 1. The zero-order chi connectivity index (χ0) is 13.7. The van der Waals surface area contributed by atoms with Crippen molar-refractivity contribution in [2.75, 3.05) is 11.9 Å². The van der Waals surface area contributed by atoms with Crippen LogP contribution in [0.3, 0.4) is 0 Å². The van der Waals surface area contributed by atoms with Gasteiger partial charge < -0.3 is 5.32 Å². The molecule has 0 fully saturated rings. The topological polar surface area (TPSA) is 59.8 Å². The molecular weight excluding hydrogens is 284 g/mol. The summed E-state index contributed by atoms with van der Waals surface area (Å²) in [6.45, 7) is 3.24. The maximum Gasteiger partial charge on any atom is 0.287 e. The lowest BCUT2D eigenvalue weighted by Crippen LogP contribution is -2.24. The molecule has 102 valence electrons. The van der Waals surface area contributed by atoms with Gasteiger partial charge in [0.25, 0.3) is 5.56 Å². The Labute approximate surface area is 120 Å². The molecule has 2 aromatic rings. The van der Waals surface area contributed by atoms with Crippen molar-refractivity contribution >= 4 is 28.6 Å². The molecule has 5 nitrogen and oxygen atoms in total. The number of nitrogens with one attached hydrogen (secondary N) is 1. The van der Waals surface area contributed by atoms with Gasteiger partial charge in [0.15, 0.2) is 0 Å². The molecule has 0 aliphatic heterocycles. The van der Waals surface area contributed by atoms with E-state index in [2.05, 4.69) is 15.4 Å². The van der Waals surface area contributed by atoms with Crippen LogP contribution in [0.2, 0.25) is 5.02 Å². The van der Waals surface area contributed by atoms with E-state index in [-0.39, 0.29) is 10.6 Å². The number of aryl methyl sites for hydroxylation is 1. The molecule has 0 saturated heterocycles. The first-order valence-electron chi connectivity index (χ1n) is 6.10. The van der Waals surface area contributed by atoms with E-state index in [0.29, 0.717) is 18.8 Å². The van der Waals surface area contributed by atoms with Gasteiger partial charge in [0.2, 0.25) is 0 Å². The second kappa shape index (κ2) is 6.68. The molecular formula is C12H15ClN4OS. The Bertz CT molecular complexity index is 582. The number of hydrogen-bond acceptors (Lipinski definition) is 5. The van der Waals surface area contributed by atoms with Gasteiger partial charge in [0.1, 0.15) is 5.02 Å². The molecule has 0 aliphatic carbocycles. The van der Waals surface area contributed by atoms with Crippen molar-refractivity contribution in [3.8, 4) is 0 Å². The summed E-state index contributed by atoms with van der Waals surface area (Å²) >= 11 is 7.65. The zero-order valence-corrected chi connectivity index (χ0v) is 12.2. The number of aromatic nitrogens is 3.